The molecule has 6 heterocycles. The highest BCUT2D eigenvalue weighted by atomic mass is 127. The van der Waals surface area contributed by atoms with E-state index in [0.717, 1.165) is 58.8 Å². The summed E-state index contributed by atoms with van der Waals surface area (Å²) in [7, 11) is 0. The molecule has 0 aliphatic carbocycles. The Kier molecular flexibility index (Phi) is 12.6. The maximum absolute atomic E-state index is 12.6. The molecule has 2 aliphatic rings. The number of carbonyl (C=O) groups excluding carboxylic acids is 2. The smallest absolute Gasteiger partial charge is 0.371 e. The second-order valence-corrected chi connectivity index (χ2v) is 14.1. The number of ether oxygens (including phenoxy) is 2. The molecular formula is C39H36F3IN10O4. The van der Waals surface area contributed by atoms with Crippen molar-refractivity contribution < 1.29 is 32.2 Å². The SMILES string of the molecule is O=C(Nc1ccc([C@H]2CNCCO2)cc1)c1cnn(-c2ccc(C(F)(F)F)cn2)c1.O=C(Nc1ccc([C@H]2CNCCO2)cc1)c1cnn(-c2ccc(I)cn2)c1. The molecule has 0 bridgehead atoms. The fourth-order valence-electron chi connectivity index (χ4n) is 5.85. The highest BCUT2D eigenvalue weighted by Gasteiger charge is 2.30. The summed E-state index contributed by atoms with van der Waals surface area (Å²) in [5.41, 5.74) is 3.31. The van der Waals surface area contributed by atoms with Crippen molar-refractivity contribution in [1.82, 2.24) is 40.2 Å². The van der Waals surface area contributed by atoms with Gasteiger partial charge in [0, 0.05) is 65.9 Å². The van der Waals surface area contributed by atoms with Crippen molar-refractivity contribution in [3.8, 4) is 11.6 Å². The fourth-order valence-corrected chi connectivity index (χ4v) is 6.17. The second kappa shape index (κ2) is 18.2. The highest BCUT2D eigenvalue weighted by molar-refractivity contribution is 14.1. The summed E-state index contributed by atoms with van der Waals surface area (Å²) in [6, 6.07) is 21.0. The summed E-state index contributed by atoms with van der Waals surface area (Å²) < 4.78 is 53.2. The first-order chi connectivity index (χ1) is 27.6. The molecule has 0 saturated carbocycles. The quantitative estimate of drug-likeness (QED) is 0.134. The Hall–Kier alpha value is -5.54. The number of benzene rings is 2. The van der Waals surface area contributed by atoms with Gasteiger partial charge in [-0.2, -0.15) is 23.4 Å². The third-order valence-corrected chi connectivity index (χ3v) is 9.52. The Labute approximate surface area is 338 Å². The summed E-state index contributed by atoms with van der Waals surface area (Å²) in [6.07, 6.45) is 3.99. The number of alkyl halides is 3. The zero-order chi connectivity index (χ0) is 39.8. The van der Waals surface area contributed by atoms with Gasteiger partial charge >= 0.3 is 6.18 Å². The number of halogens is 4. The minimum atomic E-state index is -4.46. The van der Waals surface area contributed by atoms with E-state index in [2.05, 4.69) is 64.0 Å². The lowest BCUT2D eigenvalue weighted by Gasteiger charge is -2.24. The Morgan fingerprint density at radius 3 is 1.53 bits per heavy atom. The maximum Gasteiger partial charge on any atom is 0.417 e. The molecule has 18 heteroatoms. The van der Waals surface area contributed by atoms with E-state index in [-0.39, 0.29) is 29.5 Å². The molecule has 4 N–H and O–H groups in total. The standard InChI is InChI=1S/C20H18F3N5O2.C19H18IN5O2/c21-20(22,23)15-3-6-18(25-10-15)28-12-14(9-26-28)19(29)27-16-4-1-13(2-5-16)17-11-24-7-8-30-17;20-15-3-6-18(22-10-15)25-12-14(9-23-25)19(26)24-16-4-1-13(2-5-16)17-11-21-7-8-27-17/h1-6,9-10,12,17,24H,7-8,11H2,(H,27,29);1-6,9-10,12,17,21H,7-8,11H2,(H,24,26)/t2*17-/m11/s1. The number of anilines is 2. The summed E-state index contributed by atoms with van der Waals surface area (Å²) >= 11 is 2.19. The van der Waals surface area contributed by atoms with Crippen LogP contribution >= 0.6 is 22.6 Å². The lowest BCUT2D eigenvalue weighted by Crippen LogP contribution is -2.33. The van der Waals surface area contributed by atoms with E-state index in [0.29, 0.717) is 30.3 Å². The molecule has 2 saturated heterocycles. The van der Waals surface area contributed by atoms with Gasteiger partial charge in [0.1, 0.15) is 0 Å². The van der Waals surface area contributed by atoms with Gasteiger partial charge < -0.3 is 30.7 Å². The molecule has 2 amide bonds. The molecule has 0 radical (unpaired) electrons. The molecule has 6 aromatic rings. The molecule has 57 heavy (non-hydrogen) atoms. The lowest BCUT2D eigenvalue weighted by molar-refractivity contribution is -0.137. The van der Waals surface area contributed by atoms with Gasteiger partial charge in [-0.05, 0) is 82.2 Å². The Morgan fingerprint density at radius 1 is 0.667 bits per heavy atom. The van der Waals surface area contributed by atoms with E-state index in [4.69, 9.17) is 9.47 Å². The van der Waals surface area contributed by atoms with Crippen molar-refractivity contribution in [3.63, 3.8) is 0 Å². The summed E-state index contributed by atoms with van der Waals surface area (Å²) in [4.78, 5) is 33.0. The first-order valence-electron chi connectivity index (χ1n) is 17.8. The monoisotopic (exact) mass is 892 g/mol. The van der Waals surface area contributed by atoms with E-state index in [1.54, 1.807) is 29.2 Å². The number of hydrogen-bond acceptors (Lipinski definition) is 10. The number of carbonyl (C=O) groups is 2. The molecule has 14 nitrogen and oxygen atoms in total. The van der Waals surface area contributed by atoms with Crippen LogP contribution in [0.2, 0.25) is 0 Å². The predicted molar refractivity (Wildman–Crippen MR) is 212 cm³/mol. The number of pyridine rings is 2. The molecular weight excluding hydrogens is 856 g/mol. The van der Waals surface area contributed by atoms with Crippen LogP contribution in [0, 0.1) is 3.57 Å². The number of nitrogens with one attached hydrogen (secondary N) is 4. The maximum atomic E-state index is 12.6. The van der Waals surface area contributed by atoms with Crippen molar-refractivity contribution in [2.75, 3.05) is 50.0 Å². The summed E-state index contributed by atoms with van der Waals surface area (Å²) in [6.45, 7) is 4.63. The molecule has 2 atom stereocenters. The average molecular weight is 893 g/mol. The molecule has 2 fully saturated rings. The van der Waals surface area contributed by atoms with Crippen LogP contribution in [0.15, 0.2) is 110 Å². The minimum Gasteiger partial charge on any atom is -0.371 e. The van der Waals surface area contributed by atoms with Crippen LogP contribution in [-0.4, -0.2) is 80.7 Å². The molecule has 0 spiro atoms. The van der Waals surface area contributed by atoms with Gasteiger partial charge in [0.25, 0.3) is 11.8 Å². The third-order valence-electron chi connectivity index (χ3n) is 8.88. The molecule has 8 rings (SSSR count). The first kappa shape index (κ1) is 39.7. The number of morpholine rings is 2. The van der Waals surface area contributed by atoms with Gasteiger partial charge in [-0.25, -0.2) is 19.3 Å². The van der Waals surface area contributed by atoms with Gasteiger partial charge in [0.2, 0.25) is 0 Å². The number of hydrogen-bond donors (Lipinski definition) is 4. The topological polar surface area (TPSA) is 162 Å². The number of nitrogens with zero attached hydrogens (tertiary/aromatic N) is 6. The van der Waals surface area contributed by atoms with E-state index in [9.17, 15) is 22.8 Å². The van der Waals surface area contributed by atoms with E-state index >= 15 is 0 Å². The largest absolute Gasteiger partial charge is 0.417 e. The highest BCUT2D eigenvalue weighted by Crippen LogP contribution is 2.29. The van der Waals surface area contributed by atoms with Crippen molar-refractivity contribution in [3.05, 3.63) is 141 Å². The van der Waals surface area contributed by atoms with E-state index in [1.807, 2.05) is 48.5 Å². The Balaban J connectivity index is 0.000000175. The summed E-state index contributed by atoms with van der Waals surface area (Å²) in [5, 5.41) is 20.5. The van der Waals surface area contributed by atoms with Gasteiger partial charge in [0.15, 0.2) is 11.6 Å². The Bertz CT molecular complexity index is 2250. The molecule has 294 valence electrons. The third kappa shape index (κ3) is 10.5. The zero-order valence-corrected chi connectivity index (χ0v) is 32.3. The van der Waals surface area contributed by atoms with Crippen molar-refractivity contribution >= 4 is 45.8 Å². The van der Waals surface area contributed by atoms with Crippen LogP contribution in [0.25, 0.3) is 11.6 Å². The van der Waals surface area contributed by atoms with E-state index in [1.165, 1.54) is 29.3 Å². The Morgan fingerprint density at radius 2 is 1.14 bits per heavy atom. The zero-order valence-electron chi connectivity index (χ0n) is 30.1. The predicted octanol–water partition coefficient (Wildman–Crippen LogP) is 5.98. The second-order valence-electron chi connectivity index (χ2n) is 12.9. The summed E-state index contributed by atoms with van der Waals surface area (Å²) in [5.74, 6) is 0.235. The minimum absolute atomic E-state index is 0.0158. The average Bonchev–Trinajstić information content (AvgIpc) is 3.95. The van der Waals surface area contributed by atoms with E-state index < -0.39 is 17.6 Å². The van der Waals surface area contributed by atoms with Crippen LogP contribution in [0.3, 0.4) is 0 Å². The lowest BCUT2D eigenvalue weighted by atomic mass is 10.1. The van der Waals surface area contributed by atoms with Crippen LogP contribution in [0.5, 0.6) is 0 Å². The molecule has 2 aromatic carbocycles. The number of aromatic nitrogens is 6. The van der Waals surface area contributed by atoms with Crippen LogP contribution in [0.4, 0.5) is 24.5 Å². The fraction of sp³-hybridized carbons (Fsp3) is 0.231. The van der Waals surface area contributed by atoms with Crippen molar-refractivity contribution in [2.24, 2.45) is 0 Å². The van der Waals surface area contributed by atoms with Crippen molar-refractivity contribution in [2.45, 2.75) is 18.4 Å². The first-order valence-corrected chi connectivity index (χ1v) is 18.9. The number of amides is 2. The molecule has 2 aliphatic heterocycles. The van der Waals surface area contributed by atoms with Gasteiger partial charge in [-0.3, -0.25) is 9.59 Å². The van der Waals surface area contributed by atoms with Crippen molar-refractivity contribution in [1.29, 1.82) is 0 Å². The van der Waals surface area contributed by atoms with Gasteiger partial charge in [-0.1, -0.05) is 24.3 Å². The van der Waals surface area contributed by atoms with Crippen LogP contribution < -0.4 is 21.3 Å². The normalized spacial score (nSPS) is 16.9. The molecule has 4 aromatic heterocycles. The van der Waals surface area contributed by atoms with Gasteiger partial charge in [0.05, 0.1) is 54.5 Å². The number of rotatable bonds is 8. The van der Waals surface area contributed by atoms with Gasteiger partial charge in [-0.15, -0.1) is 0 Å². The van der Waals surface area contributed by atoms with Crippen LogP contribution in [-0.2, 0) is 15.7 Å². The molecule has 0 unspecified atom stereocenters. The van der Waals surface area contributed by atoms with Crippen LogP contribution in [0.1, 0.15) is 49.6 Å².